The summed E-state index contributed by atoms with van der Waals surface area (Å²) in [6, 6.07) is 1.46. The molecule has 1 aromatic carbocycles. The smallest absolute Gasteiger partial charge is 0.170 e. The van der Waals surface area contributed by atoms with Gasteiger partial charge >= 0.3 is 0 Å². The van der Waals surface area contributed by atoms with E-state index in [-0.39, 0.29) is 11.1 Å². The zero-order valence-electron chi connectivity index (χ0n) is 8.14. The highest BCUT2D eigenvalue weighted by Gasteiger charge is 2.14. The molecule has 0 aromatic heterocycles. The van der Waals surface area contributed by atoms with E-state index in [0.717, 1.165) is 0 Å². The Balaban J connectivity index is 3.19. The van der Waals surface area contributed by atoms with Crippen molar-refractivity contribution in [2.75, 3.05) is 0 Å². The lowest BCUT2D eigenvalue weighted by Crippen LogP contribution is -2.18. The van der Waals surface area contributed by atoms with Crippen LogP contribution in [0.25, 0.3) is 0 Å². The molecule has 1 unspecified atom stereocenters. The van der Waals surface area contributed by atoms with Crippen molar-refractivity contribution in [3.8, 4) is 5.75 Å². The third-order valence-electron chi connectivity index (χ3n) is 1.98. The molecule has 0 aliphatic carbocycles. The Labute approximate surface area is 87.5 Å². The molecule has 3 N–H and O–H groups in total. The third-order valence-corrected chi connectivity index (χ3v) is 2.45. The minimum atomic E-state index is -0.669. The van der Waals surface area contributed by atoms with E-state index in [9.17, 15) is 9.50 Å². The molecule has 0 aliphatic heterocycles. The van der Waals surface area contributed by atoms with Crippen LogP contribution in [-0.2, 0) is 6.42 Å². The van der Waals surface area contributed by atoms with Gasteiger partial charge in [-0.1, -0.05) is 17.7 Å². The second-order valence-corrected chi connectivity index (χ2v) is 3.89. The van der Waals surface area contributed by atoms with Crippen LogP contribution in [0.2, 0.25) is 5.02 Å². The molecular formula is C10H13ClFNO. The van der Waals surface area contributed by atoms with E-state index in [4.69, 9.17) is 17.3 Å². The Bertz CT molecular complexity index is 352. The number of aryl methyl sites for hydroxylation is 1. The van der Waals surface area contributed by atoms with Crippen LogP contribution >= 0.6 is 11.6 Å². The fourth-order valence-electron chi connectivity index (χ4n) is 1.32. The largest absolute Gasteiger partial charge is 0.504 e. The van der Waals surface area contributed by atoms with Crippen LogP contribution in [0.3, 0.4) is 0 Å². The first-order valence-corrected chi connectivity index (χ1v) is 4.73. The van der Waals surface area contributed by atoms with Crippen LogP contribution < -0.4 is 5.73 Å². The summed E-state index contributed by atoms with van der Waals surface area (Å²) < 4.78 is 13.4. The van der Waals surface area contributed by atoms with Crippen LogP contribution in [0.1, 0.15) is 18.1 Å². The second-order valence-electron chi connectivity index (χ2n) is 3.51. The highest BCUT2D eigenvalue weighted by molar-refractivity contribution is 6.32. The van der Waals surface area contributed by atoms with Crippen molar-refractivity contribution in [3.63, 3.8) is 0 Å². The van der Waals surface area contributed by atoms with Gasteiger partial charge in [-0.15, -0.1) is 0 Å². The van der Waals surface area contributed by atoms with E-state index >= 15 is 0 Å². The van der Waals surface area contributed by atoms with E-state index in [0.29, 0.717) is 17.5 Å². The SMILES string of the molecule is Cc1cc(CC(C)N)c(F)c(O)c1Cl. The van der Waals surface area contributed by atoms with Gasteiger partial charge in [0.05, 0.1) is 5.02 Å². The first kappa shape index (κ1) is 11.3. The summed E-state index contributed by atoms with van der Waals surface area (Å²) in [6.45, 7) is 3.49. The predicted octanol–water partition coefficient (Wildman–Crippen LogP) is 2.38. The van der Waals surface area contributed by atoms with E-state index < -0.39 is 11.6 Å². The fraction of sp³-hybridized carbons (Fsp3) is 0.400. The molecule has 14 heavy (non-hydrogen) atoms. The number of hydrogen-bond acceptors (Lipinski definition) is 2. The minimum absolute atomic E-state index is 0.0657. The number of halogens is 2. The van der Waals surface area contributed by atoms with Crippen LogP contribution in [0.4, 0.5) is 4.39 Å². The number of nitrogens with two attached hydrogens (primary N) is 1. The molecule has 0 heterocycles. The molecule has 78 valence electrons. The monoisotopic (exact) mass is 217 g/mol. The summed E-state index contributed by atoms with van der Waals surface area (Å²) in [4.78, 5) is 0. The molecule has 0 bridgehead atoms. The molecule has 0 saturated carbocycles. The van der Waals surface area contributed by atoms with Crippen LogP contribution in [0.15, 0.2) is 6.07 Å². The minimum Gasteiger partial charge on any atom is -0.504 e. The molecule has 1 rings (SSSR count). The third kappa shape index (κ3) is 2.16. The van der Waals surface area contributed by atoms with Gasteiger partial charge in [-0.2, -0.15) is 0 Å². The van der Waals surface area contributed by atoms with E-state index in [1.165, 1.54) is 0 Å². The van der Waals surface area contributed by atoms with Crippen LogP contribution in [0, 0.1) is 12.7 Å². The highest BCUT2D eigenvalue weighted by Crippen LogP contribution is 2.32. The van der Waals surface area contributed by atoms with Gasteiger partial charge in [0.25, 0.3) is 0 Å². The van der Waals surface area contributed by atoms with Gasteiger partial charge in [-0.05, 0) is 31.4 Å². The summed E-state index contributed by atoms with van der Waals surface area (Å²) in [7, 11) is 0. The van der Waals surface area contributed by atoms with E-state index in [1.807, 2.05) is 0 Å². The Morgan fingerprint density at radius 1 is 1.64 bits per heavy atom. The van der Waals surface area contributed by atoms with Crippen molar-refractivity contribution in [3.05, 3.63) is 28.0 Å². The molecule has 0 radical (unpaired) electrons. The number of phenolic OH excluding ortho intramolecular Hbond substituents is 1. The Morgan fingerprint density at radius 2 is 2.21 bits per heavy atom. The van der Waals surface area contributed by atoms with Gasteiger partial charge in [-0.3, -0.25) is 0 Å². The maximum Gasteiger partial charge on any atom is 0.170 e. The van der Waals surface area contributed by atoms with Gasteiger partial charge in [-0.25, -0.2) is 4.39 Å². The number of rotatable bonds is 2. The number of aromatic hydroxyl groups is 1. The lowest BCUT2D eigenvalue weighted by Gasteiger charge is -2.10. The second kappa shape index (κ2) is 4.15. The van der Waals surface area contributed by atoms with Crippen molar-refractivity contribution in [2.24, 2.45) is 5.73 Å². The summed E-state index contributed by atoms with van der Waals surface area (Å²) in [6.07, 6.45) is 0.386. The van der Waals surface area contributed by atoms with E-state index in [1.54, 1.807) is 19.9 Å². The quantitative estimate of drug-likeness (QED) is 0.799. The van der Waals surface area contributed by atoms with Crippen LogP contribution in [-0.4, -0.2) is 11.1 Å². The van der Waals surface area contributed by atoms with E-state index in [2.05, 4.69) is 0 Å². The molecular weight excluding hydrogens is 205 g/mol. The molecule has 1 aromatic rings. The average Bonchev–Trinajstić information content (AvgIpc) is 2.10. The topological polar surface area (TPSA) is 46.2 Å². The lowest BCUT2D eigenvalue weighted by atomic mass is 10.0. The van der Waals surface area contributed by atoms with Gasteiger partial charge in [0.2, 0.25) is 0 Å². The molecule has 0 fully saturated rings. The molecule has 4 heteroatoms. The van der Waals surface area contributed by atoms with Gasteiger partial charge in [0, 0.05) is 6.04 Å². The van der Waals surface area contributed by atoms with Crippen molar-refractivity contribution in [2.45, 2.75) is 26.3 Å². The number of phenols is 1. The molecule has 0 saturated heterocycles. The highest BCUT2D eigenvalue weighted by atomic mass is 35.5. The average molecular weight is 218 g/mol. The molecule has 2 nitrogen and oxygen atoms in total. The van der Waals surface area contributed by atoms with Crippen molar-refractivity contribution in [1.82, 2.24) is 0 Å². The molecule has 0 aliphatic rings. The van der Waals surface area contributed by atoms with Crippen molar-refractivity contribution >= 4 is 11.6 Å². The zero-order valence-corrected chi connectivity index (χ0v) is 8.90. The Morgan fingerprint density at radius 3 is 2.71 bits per heavy atom. The molecule has 0 spiro atoms. The fourth-order valence-corrected chi connectivity index (χ4v) is 1.46. The zero-order chi connectivity index (χ0) is 10.9. The normalized spacial score (nSPS) is 12.9. The number of benzene rings is 1. The summed E-state index contributed by atoms with van der Waals surface area (Å²) >= 11 is 5.67. The molecule has 1 atom stereocenters. The van der Waals surface area contributed by atoms with Crippen molar-refractivity contribution in [1.29, 1.82) is 0 Å². The maximum atomic E-state index is 13.4. The van der Waals surface area contributed by atoms with Crippen LogP contribution in [0.5, 0.6) is 5.75 Å². The Kier molecular flexibility index (Phi) is 3.34. The first-order valence-electron chi connectivity index (χ1n) is 4.35. The Hall–Kier alpha value is -0.800. The maximum absolute atomic E-state index is 13.4. The standard InChI is InChI=1S/C10H13ClFNO/c1-5-3-7(4-6(2)13)9(12)10(14)8(5)11/h3,6,14H,4,13H2,1-2H3. The lowest BCUT2D eigenvalue weighted by molar-refractivity contribution is 0.427. The predicted molar refractivity (Wildman–Crippen MR) is 55.2 cm³/mol. The summed E-state index contributed by atoms with van der Waals surface area (Å²) in [5.74, 6) is -1.15. The molecule has 0 amide bonds. The van der Waals surface area contributed by atoms with Gasteiger partial charge in [0.15, 0.2) is 11.6 Å². The summed E-state index contributed by atoms with van der Waals surface area (Å²) in [5, 5.41) is 9.40. The first-order chi connectivity index (χ1) is 6.43. The van der Waals surface area contributed by atoms with Gasteiger partial charge < -0.3 is 10.8 Å². The summed E-state index contributed by atoms with van der Waals surface area (Å²) in [5.41, 5.74) is 6.61. The van der Waals surface area contributed by atoms with Crippen molar-refractivity contribution < 1.29 is 9.50 Å². The number of hydrogen-bond donors (Lipinski definition) is 2. The van der Waals surface area contributed by atoms with Gasteiger partial charge in [0.1, 0.15) is 0 Å².